The predicted octanol–water partition coefficient (Wildman–Crippen LogP) is 3.17. The van der Waals surface area contributed by atoms with E-state index in [1.165, 1.54) is 43.6 Å². The molecule has 0 unspecified atom stereocenters. The summed E-state index contributed by atoms with van der Waals surface area (Å²) in [5, 5.41) is 3.91. The lowest BCUT2D eigenvalue weighted by molar-refractivity contribution is 0.492. The fraction of sp³-hybridized carbons (Fsp3) is 0.471. The minimum Gasteiger partial charge on any atom is -0.372 e. The number of piperidine rings is 1. The van der Waals surface area contributed by atoms with E-state index in [0.717, 1.165) is 11.7 Å². The van der Waals surface area contributed by atoms with Crippen molar-refractivity contribution in [1.29, 1.82) is 0 Å². The SMILES string of the molecule is C=CCNC(=S)N(C)Cc1ccc(N2CCCCC2)cc1. The Labute approximate surface area is 133 Å². The lowest BCUT2D eigenvalue weighted by Gasteiger charge is -2.29. The predicted molar refractivity (Wildman–Crippen MR) is 94.8 cm³/mol. The number of anilines is 1. The molecule has 3 nitrogen and oxygen atoms in total. The lowest BCUT2D eigenvalue weighted by Crippen LogP contribution is -2.36. The number of hydrogen-bond acceptors (Lipinski definition) is 2. The van der Waals surface area contributed by atoms with E-state index >= 15 is 0 Å². The number of hydrogen-bond donors (Lipinski definition) is 1. The Morgan fingerprint density at radius 3 is 2.57 bits per heavy atom. The lowest BCUT2D eigenvalue weighted by atomic mass is 10.1. The fourth-order valence-electron chi connectivity index (χ4n) is 2.60. The van der Waals surface area contributed by atoms with E-state index in [0.29, 0.717) is 6.54 Å². The van der Waals surface area contributed by atoms with Gasteiger partial charge in [0.2, 0.25) is 0 Å². The molecule has 0 radical (unpaired) electrons. The number of thiocarbonyl (C=S) groups is 1. The third-order valence-corrected chi connectivity index (χ3v) is 4.28. The second kappa shape index (κ2) is 8.03. The third-order valence-electron chi connectivity index (χ3n) is 3.82. The molecule has 0 saturated carbocycles. The Bertz CT molecular complexity index is 463. The van der Waals surface area contributed by atoms with Crippen LogP contribution in [0.3, 0.4) is 0 Å². The molecule has 2 rings (SSSR count). The van der Waals surface area contributed by atoms with Crippen LogP contribution in [-0.2, 0) is 6.54 Å². The summed E-state index contributed by atoms with van der Waals surface area (Å²) in [7, 11) is 2.01. The maximum Gasteiger partial charge on any atom is 0.169 e. The second-order valence-electron chi connectivity index (χ2n) is 5.54. The Balaban J connectivity index is 1.89. The van der Waals surface area contributed by atoms with Crippen LogP contribution in [0.15, 0.2) is 36.9 Å². The summed E-state index contributed by atoms with van der Waals surface area (Å²) in [6.07, 6.45) is 5.81. The van der Waals surface area contributed by atoms with Crippen LogP contribution in [0.4, 0.5) is 5.69 Å². The van der Waals surface area contributed by atoms with Crippen LogP contribution in [0.25, 0.3) is 0 Å². The molecule has 1 aliphatic rings. The van der Waals surface area contributed by atoms with E-state index < -0.39 is 0 Å². The first kappa shape index (κ1) is 15.8. The van der Waals surface area contributed by atoms with E-state index in [2.05, 4.69) is 46.0 Å². The molecule has 1 fully saturated rings. The molecule has 1 N–H and O–H groups in total. The van der Waals surface area contributed by atoms with Gasteiger partial charge in [-0.2, -0.15) is 0 Å². The first-order valence-corrected chi connectivity index (χ1v) is 8.05. The Kier molecular flexibility index (Phi) is 6.05. The average molecular weight is 303 g/mol. The normalized spacial score (nSPS) is 14.6. The summed E-state index contributed by atoms with van der Waals surface area (Å²) in [6, 6.07) is 8.87. The molecule has 21 heavy (non-hydrogen) atoms. The van der Waals surface area contributed by atoms with Gasteiger partial charge in [0.25, 0.3) is 0 Å². The Morgan fingerprint density at radius 1 is 1.29 bits per heavy atom. The van der Waals surface area contributed by atoms with Crippen molar-refractivity contribution in [2.75, 3.05) is 31.6 Å². The van der Waals surface area contributed by atoms with E-state index in [1.807, 2.05) is 13.1 Å². The Hall–Kier alpha value is -1.55. The van der Waals surface area contributed by atoms with Crippen molar-refractivity contribution in [3.8, 4) is 0 Å². The monoisotopic (exact) mass is 303 g/mol. The molecule has 1 aromatic carbocycles. The van der Waals surface area contributed by atoms with Crippen LogP contribution in [0.2, 0.25) is 0 Å². The molecule has 114 valence electrons. The molecule has 1 heterocycles. The van der Waals surface area contributed by atoms with Crippen LogP contribution < -0.4 is 10.2 Å². The van der Waals surface area contributed by atoms with Crippen LogP contribution in [0.1, 0.15) is 24.8 Å². The molecule has 0 amide bonds. The summed E-state index contributed by atoms with van der Waals surface area (Å²) in [5.74, 6) is 0. The molecular weight excluding hydrogens is 278 g/mol. The number of nitrogens with zero attached hydrogens (tertiary/aromatic N) is 2. The van der Waals surface area contributed by atoms with Crippen LogP contribution in [-0.4, -0.2) is 36.7 Å². The summed E-state index contributed by atoms with van der Waals surface area (Å²) >= 11 is 5.33. The van der Waals surface area contributed by atoms with Gasteiger partial charge < -0.3 is 15.1 Å². The maximum atomic E-state index is 5.33. The van der Waals surface area contributed by atoms with Gasteiger partial charge in [-0.3, -0.25) is 0 Å². The largest absolute Gasteiger partial charge is 0.372 e. The maximum absolute atomic E-state index is 5.33. The van der Waals surface area contributed by atoms with Crippen LogP contribution >= 0.6 is 12.2 Å². The highest BCUT2D eigenvalue weighted by Gasteiger charge is 2.11. The van der Waals surface area contributed by atoms with Gasteiger partial charge in [-0.15, -0.1) is 6.58 Å². The van der Waals surface area contributed by atoms with Gasteiger partial charge in [-0.1, -0.05) is 18.2 Å². The molecule has 0 aromatic heterocycles. The second-order valence-corrected chi connectivity index (χ2v) is 5.93. The number of nitrogens with one attached hydrogen (secondary N) is 1. The van der Waals surface area contributed by atoms with E-state index in [9.17, 15) is 0 Å². The van der Waals surface area contributed by atoms with E-state index in [1.54, 1.807) is 0 Å². The van der Waals surface area contributed by atoms with Gasteiger partial charge in [0.15, 0.2) is 5.11 Å². The zero-order valence-electron chi connectivity index (χ0n) is 12.8. The summed E-state index contributed by atoms with van der Waals surface area (Å²) < 4.78 is 0. The zero-order valence-corrected chi connectivity index (χ0v) is 13.7. The van der Waals surface area contributed by atoms with Crippen molar-refractivity contribution in [2.24, 2.45) is 0 Å². The summed E-state index contributed by atoms with van der Waals surface area (Å²) in [5.41, 5.74) is 2.62. The summed E-state index contributed by atoms with van der Waals surface area (Å²) in [4.78, 5) is 4.53. The first-order valence-electron chi connectivity index (χ1n) is 7.64. The molecule has 0 atom stereocenters. The first-order chi connectivity index (χ1) is 10.2. The van der Waals surface area contributed by atoms with Gasteiger partial charge in [-0.25, -0.2) is 0 Å². The van der Waals surface area contributed by atoms with Crippen molar-refractivity contribution in [1.82, 2.24) is 10.2 Å². The molecule has 1 saturated heterocycles. The van der Waals surface area contributed by atoms with Crippen molar-refractivity contribution in [3.63, 3.8) is 0 Å². The molecule has 0 bridgehead atoms. The van der Waals surface area contributed by atoms with Crippen molar-refractivity contribution >= 4 is 23.0 Å². The molecule has 0 aliphatic carbocycles. The van der Waals surface area contributed by atoms with Crippen LogP contribution in [0.5, 0.6) is 0 Å². The van der Waals surface area contributed by atoms with Crippen molar-refractivity contribution < 1.29 is 0 Å². The zero-order chi connectivity index (χ0) is 15.1. The van der Waals surface area contributed by atoms with Gasteiger partial charge in [0, 0.05) is 38.9 Å². The standard InChI is InChI=1S/C17H25N3S/c1-3-11-18-17(21)19(2)14-15-7-9-16(10-8-15)20-12-5-4-6-13-20/h3,7-10H,1,4-6,11-14H2,2H3,(H,18,21). The number of rotatable bonds is 5. The van der Waals surface area contributed by atoms with Gasteiger partial charge in [-0.05, 0) is 49.2 Å². The van der Waals surface area contributed by atoms with Crippen molar-refractivity contribution in [3.05, 3.63) is 42.5 Å². The number of benzene rings is 1. The highest BCUT2D eigenvalue weighted by Crippen LogP contribution is 2.20. The van der Waals surface area contributed by atoms with Crippen LogP contribution in [0, 0.1) is 0 Å². The smallest absolute Gasteiger partial charge is 0.169 e. The Morgan fingerprint density at radius 2 is 1.95 bits per heavy atom. The van der Waals surface area contributed by atoms with Gasteiger partial charge in [0.05, 0.1) is 0 Å². The quantitative estimate of drug-likeness (QED) is 0.665. The molecule has 1 aliphatic heterocycles. The highest BCUT2D eigenvalue weighted by molar-refractivity contribution is 7.80. The minimum absolute atomic E-state index is 0.705. The summed E-state index contributed by atoms with van der Waals surface area (Å²) in [6.45, 7) is 7.59. The highest BCUT2D eigenvalue weighted by atomic mass is 32.1. The average Bonchev–Trinajstić information content (AvgIpc) is 2.54. The fourth-order valence-corrected chi connectivity index (χ4v) is 2.75. The minimum atomic E-state index is 0.705. The topological polar surface area (TPSA) is 18.5 Å². The molecule has 0 spiro atoms. The third kappa shape index (κ3) is 4.74. The molecule has 4 heteroatoms. The van der Waals surface area contributed by atoms with Gasteiger partial charge >= 0.3 is 0 Å². The molecular formula is C17H25N3S. The van der Waals surface area contributed by atoms with E-state index in [-0.39, 0.29) is 0 Å². The van der Waals surface area contributed by atoms with Crippen molar-refractivity contribution in [2.45, 2.75) is 25.8 Å². The van der Waals surface area contributed by atoms with E-state index in [4.69, 9.17) is 12.2 Å². The van der Waals surface area contributed by atoms with Gasteiger partial charge in [0.1, 0.15) is 0 Å². The molecule has 1 aromatic rings.